The minimum absolute atomic E-state index is 0.133. The lowest BCUT2D eigenvalue weighted by molar-refractivity contribution is 0.270. The van der Waals surface area contributed by atoms with Gasteiger partial charge in [-0.1, -0.05) is 133 Å². The van der Waals surface area contributed by atoms with Crippen LogP contribution in [0.2, 0.25) is 0 Å². The van der Waals surface area contributed by atoms with Crippen LogP contribution in [-0.4, -0.2) is 5.11 Å². The van der Waals surface area contributed by atoms with Crippen molar-refractivity contribution in [3.8, 4) is 23.0 Å². The van der Waals surface area contributed by atoms with E-state index in [4.69, 9.17) is 18.9 Å². The van der Waals surface area contributed by atoms with Crippen molar-refractivity contribution in [2.75, 3.05) is 0 Å². The highest BCUT2D eigenvalue weighted by atomic mass is 16.5. The minimum atomic E-state index is -0.133. The summed E-state index contributed by atoms with van der Waals surface area (Å²) in [5.41, 5.74) is 4.94. The molecule has 1 N–H and O–H groups in total. The Morgan fingerprint density at radius 3 is 1.12 bits per heavy atom. The van der Waals surface area contributed by atoms with Gasteiger partial charge >= 0.3 is 0 Å². The van der Waals surface area contributed by atoms with E-state index in [0.29, 0.717) is 43.5 Å². The summed E-state index contributed by atoms with van der Waals surface area (Å²) in [6.45, 7) is 1.43. The Hall–Kier alpha value is -7.34. The molecule has 0 saturated carbocycles. The maximum atomic E-state index is 10.1. The van der Waals surface area contributed by atoms with Crippen molar-refractivity contribution in [1.29, 1.82) is 0 Å². The molecule has 0 aromatic heterocycles. The van der Waals surface area contributed by atoms with Crippen LogP contribution >= 0.6 is 0 Å². The molecule has 11 aromatic carbocycles. The molecule has 0 radical (unpaired) electrons. The Bertz CT molecular complexity index is 3080. The van der Waals surface area contributed by atoms with E-state index in [2.05, 4.69) is 109 Å². The summed E-state index contributed by atoms with van der Waals surface area (Å²) < 4.78 is 25.3. The highest BCUT2D eigenvalue weighted by molar-refractivity contribution is 6.24. The van der Waals surface area contributed by atoms with Gasteiger partial charge in [-0.15, -0.1) is 0 Å². The van der Waals surface area contributed by atoms with Crippen LogP contribution in [0.15, 0.2) is 176 Å². The van der Waals surface area contributed by atoms with E-state index in [1.54, 1.807) is 0 Å². The molecule has 5 heteroatoms. The quantitative estimate of drug-likeness (QED) is 0.118. The summed E-state index contributed by atoms with van der Waals surface area (Å²) in [7, 11) is 0. The van der Waals surface area contributed by atoms with E-state index in [9.17, 15) is 5.11 Å². The molecule has 11 rings (SSSR count). The smallest absolute Gasteiger partial charge is 0.123 e. The molecule has 0 heterocycles. The Kier molecular flexibility index (Phi) is 9.02. The monoisotopic (exact) mass is 780 g/mol. The molecule has 0 atom stereocenters. The Balaban J connectivity index is 0.741. The molecule has 0 bridgehead atoms. The van der Waals surface area contributed by atoms with Gasteiger partial charge in [-0.25, -0.2) is 0 Å². The van der Waals surface area contributed by atoms with Crippen LogP contribution in [-0.2, 0) is 33.0 Å². The van der Waals surface area contributed by atoms with Crippen molar-refractivity contribution in [2.45, 2.75) is 33.0 Å². The van der Waals surface area contributed by atoms with Crippen LogP contribution in [0.3, 0.4) is 0 Å². The van der Waals surface area contributed by atoms with Gasteiger partial charge in [0.1, 0.15) is 49.4 Å². The fourth-order valence-electron chi connectivity index (χ4n) is 8.84. The van der Waals surface area contributed by atoms with Gasteiger partial charge < -0.3 is 24.1 Å². The molecule has 60 heavy (non-hydrogen) atoms. The number of benzene rings is 11. The fraction of sp³-hybridized carbons (Fsp3) is 0.0909. The first kappa shape index (κ1) is 35.8. The average molecular weight is 781 g/mol. The van der Waals surface area contributed by atoms with E-state index >= 15 is 0 Å². The first-order valence-corrected chi connectivity index (χ1v) is 20.4. The van der Waals surface area contributed by atoms with Gasteiger partial charge in [0.25, 0.3) is 0 Å². The van der Waals surface area contributed by atoms with E-state index in [0.717, 1.165) is 33.8 Å². The summed E-state index contributed by atoms with van der Waals surface area (Å²) in [5, 5.41) is 25.2. The van der Waals surface area contributed by atoms with Gasteiger partial charge in [0.2, 0.25) is 0 Å². The summed E-state index contributed by atoms with van der Waals surface area (Å²) in [6, 6.07) is 60.9. The Morgan fingerprint density at radius 2 is 0.667 bits per heavy atom. The SMILES string of the molecule is OCc1cc(OCc2cccc(OCc3ccc4ccc5cccc6ccc3c4c56)c2)cc(OCc2cccc(OCc3ccc4ccc5cccc6ccc3c4c56)c2)c1. The van der Waals surface area contributed by atoms with Crippen LogP contribution in [0.4, 0.5) is 0 Å². The van der Waals surface area contributed by atoms with Gasteiger partial charge in [-0.2, -0.15) is 0 Å². The molecule has 11 aromatic rings. The normalized spacial score (nSPS) is 11.8. The van der Waals surface area contributed by atoms with Gasteiger partial charge in [-0.05, 0) is 129 Å². The molecule has 290 valence electrons. The molecule has 0 spiro atoms. The molecule has 0 aliphatic carbocycles. The molecule has 0 fully saturated rings. The average Bonchev–Trinajstić information content (AvgIpc) is 3.30. The van der Waals surface area contributed by atoms with Gasteiger partial charge in [0.15, 0.2) is 0 Å². The lowest BCUT2D eigenvalue weighted by Crippen LogP contribution is -2.01. The van der Waals surface area contributed by atoms with Crippen LogP contribution in [0.1, 0.15) is 27.8 Å². The maximum absolute atomic E-state index is 10.1. The van der Waals surface area contributed by atoms with Crippen molar-refractivity contribution < 1.29 is 24.1 Å². The lowest BCUT2D eigenvalue weighted by Gasteiger charge is -2.15. The predicted octanol–water partition coefficient (Wildman–Crippen LogP) is 13.3. The van der Waals surface area contributed by atoms with E-state index in [1.165, 1.54) is 64.6 Å². The lowest BCUT2D eigenvalue weighted by atomic mass is 9.92. The van der Waals surface area contributed by atoms with E-state index in [1.807, 2.05) is 66.7 Å². The first-order chi connectivity index (χ1) is 29.6. The third-order valence-corrected chi connectivity index (χ3v) is 11.8. The van der Waals surface area contributed by atoms with Crippen molar-refractivity contribution in [2.24, 2.45) is 0 Å². The van der Waals surface area contributed by atoms with E-state index < -0.39 is 0 Å². The van der Waals surface area contributed by atoms with Gasteiger partial charge in [-0.3, -0.25) is 0 Å². The fourth-order valence-corrected chi connectivity index (χ4v) is 8.84. The van der Waals surface area contributed by atoms with Crippen LogP contribution in [0.25, 0.3) is 64.6 Å². The van der Waals surface area contributed by atoms with Crippen LogP contribution < -0.4 is 18.9 Å². The summed E-state index contributed by atoms with van der Waals surface area (Å²) in [5.74, 6) is 2.78. The van der Waals surface area contributed by atoms with Crippen molar-refractivity contribution in [3.05, 3.63) is 204 Å². The number of hydrogen-bond donors (Lipinski definition) is 1. The standard InChI is InChI=1S/C55H40O5/c56-30-37-27-48(57-31-35-5-1-11-46(25-35)59-33-44-19-17-42-15-13-38-7-3-9-40-21-23-50(44)54(42)52(38)40)29-49(28-37)58-32-36-6-2-12-47(26-36)60-34-45-20-18-43-16-14-39-8-4-10-41-22-24-51(45)55(43)53(39)41/h1-29,56H,30-34H2. The minimum Gasteiger partial charge on any atom is -0.489 e. The largest absolute Gasteiger partial charge is 0.489 e. The number of rotatable bonds is 13. The summed E-state index contributed by atoms with van der Waals surface area (Å²) in [4.78, 5) is 0. The summed E-state index contributed by atoms with van der Waals surface area (Å²) in [6.07, 6.45) is 0. The third-order valence-electron chi connectivity index (χ3n) is 11.8. The Morgan fingerprint density at radius 1 is 0.300 bits per heavy atom. The Labute approximate surface area is 347 Å². The van der Waals surface area contributed by atoms with Crippen molar-refractivity contribution in [1.82, 2.24) is 0 Å². The predicted molar refractivity (Wildman–Crippen MR) is 243 cm³/mol. The molecule has 0 aliphatic rings. The number of aliphatic hydroxyl groups is 1. The third kappa shape index (κ3) is 6.69. The number of aliphatic hydroxyl groups excluding tert-OH is 1. The van der Waals surface area contributed by atoms with Crippen molar-refractivity contribution >= 4 is 64.6 Å². The topological polar surface area (TPSA) is 57.2 Å². The second kappa shape index (κ2) is 15.1. The van der Waals surface area contributed by atoms with Crippen LogP contribution in [0, 0.1) is 0 Å². The highest BCUT2D eigenvalue weighted by Gasteiger charge is 2.14. The molecular formula is C55H40O5. The summed E-state index contributed by atoms with van der Waals surface area (Å²) >= 11 is 0. The van der Waals surface area contributed by atoms with Crippen LogP contribution in [0.5, 0.6) is 23.0 Å². The second-order valence-electron chi connectivity index (χ2n) is 15.6. The van der Waals surface area contributed by atoms with Gasteiger partial charge in [0, 0.05) is 6.07 Å². The molecule has 0 amide bonds. The second-order valence-corrected chi connectivity index (χ2v) is 15.6. The zero-order valence-corrected chi connectivity index (χ0v) is 32.9. The number of hydrogen-bond acceptors (Lipinski definition) is 5. The maximum Gasteiger partial charge on any atom is 0.123 e. The van der Waals surface area contributed by atoms with E-state index in [-0.39, 0.29) is 6.61 Å². The molecule has 0 saturated heterocycles. The molecule has 0 unspecified atom stereocenters. The zero-order valence-electron chi connectivity index (χ0n) is 32.9. The molecular weight excluding hydrogens is 741 g/mol. The highest BCUT2D eigenvalue weighted by Crippen LogP contribution is 2.38. The zero-order chi connectivity index (χ0) is 40.0. The van der Waals surface area contributed by atoms with Crippen molar-refractivity contribution in [3.63, 3.8) is 0 Å². The molecule has 0 aliphatic heterocycles. The number of ether oxygens (including phenoxy) is 4. The molecule has 5 nitrogen and oxygen atoms in total. The first-order valence-electron chi connectivity index (χ1n) is 20.4. The van der Waals surface area contributed by atoms with Gasteiger partial charge in [0.05, 0.1) is 6.61 Å².